The first-order chi connectivity index (χ1) is 16.0. The van der Waals surface area contributed by atoms with Crippen molar-refractivity contribution in [2.75, 3.05) is 0 Å². The molecule has 0 saturated carbocycles. The number of hydrogen-bond acceptors (Lipinski definition) is 5. The summed E-state index contributed by atoms with van der Waals surface area (Å²) < 4.78 is 3.01. The maximum absolute atomic E-state index is 13.6. The van der Waals surface area contributed by atoms with Gasteiger partial charge in [0.1, 0.15) is 5.56 Å². The molecule has 5 rings (SSSR count). The lowest BCUT2D eigenvalue weighted by molar-refractivity contribution is 0.0939. The number of benzene rings is 2. The average Bonchev–Trinajstić information content (AvgIpc) is 3.15. The number of rotatable bonds is 4. The van der Waals surface area contributed by atoms with E-state index in [4.69, 9.17) is 0 Å². The van der Waals surface area contributed by atoms with E-state index in [1.54, 1.807) is 11.5 Å². The van der Waals surface area contributed by atoms with E-state index in [-0.39, 0.29) is 11.5 Å². The third-order valence-electron chi connectivity index (χ3n) is 5.78. The predicted molar refractivity (Wildman–Crippen MR) is 126 cm³/mol. The van der Waals surface area contributed by atoms with Crippen LogP contribution in [-0.4, -0.2) is 30.3 Å². The number of carbonyl (C=O) groups excluding carboxylic acids is 1. The van der Waals surface area contributed by atoms with Crippen LogP contribution in [0.1, 0.15) is 40.3 Å². The Morgan fingerprint density at radius 2 is 1.82 bits per heavy atom. The average molecular weight is 438 g/mol. The molecular weight excluding hydrogens is 416 g/mol. The van der Waals surface area contributed by atoms with E-state index in [9.17, 15) is 9.59 Å². The summed E-state index contributed by atoms with van der Waals surface area (Å²) in [6, 6.07) is 16.7. The van der Waals surface area contributed by atoms with Gasteiger partial charge in [-0.25, -0.2) is 4.98 Å². The molecule has 0 saturated heterocycles. The number of aromatic nitrogens is 5. The summed E-state index contributed by atoms with van der Waals surface area (Å²) in [6.07, 6.45) is 3.04. The maximum Gasteiger partial charge on any atom is 0.263 e. The highest BCUT2D eigenvalue weighted by molar-refractivity contribution is 6.01. The van der Waals surface area contributed by atoms with Gasteiger partial charge < -0.3 is 5.32 Å². The fourth-order valence-corrected chi connectivity index (χ4v) is 4.22. The highest BCUT2D eigenvalue weighted by Crippen LogP contribution is 2.23. The quantitative estimate of drug-likeness (QED) is 0.463. The van der Waals surface area contributed by atoms with E-state index < -0.39 is 6.04 Å². The first-order valence-electron chi connectivity index (χ1n) is 10.6. The summed E-state index contributed by atoms with van der Waals surface area (Å²) in [5.74, 6) is -0.327. The van der Waals surface area contributed by atoms with Gasteiger partial charge in [0.05, 0.1) is 23.3 Å². The zero-order valence-electron chi connectivity index (χ0n) is 18.5. The second-order valence-electron chi connectivity index (χ2n) is 8.00. The Balaban J connectivity index is 1.64. The summed E-state index contributed by atoms with van der Waals surface area (Å²) in [4.78, 5) is 31.1. The normalized spacial score (nSPS) is 12.2. The molecule has 0 aliphatic heterocycles. The van der Waals surface area contributed by atoms with E-state index in [1.165, 1.54) is 17.0 Å². The van der Waals surface area contributed by atoms with Crippen LogP contribution in [0.15, 0.2) is 71.8 Å². The standard InChI is InChI=1S/C25H22N6O2/c1-15-8-7-9-18-14-20(30(25(33)21(15)18)19-10-5-4-6-11-19)16(2)28-24(32)22-17(3)29-31-23(22)26-12-13-27-31/h4-14,16H,1-3H3,(H,28,32)/t16-/m0/s1. The Morgan fingerprint density at radius 1 is 1.03 bits per heavy atom. The summed E-state index contributed by atoms with van der Waals surface area (Å²) >= 11 is 0. The third kappa shape index (κ3) is 3.45. The summed E-state index contributed by atoms with van der Waals surface area (Å²) in [7, 11) is 0. The fourth-order valence-electron chi connectivity index (χ4n) is 4.22. The minimum Gasteiger partial charge on any atom is -0.344 e. The second kappa shape index (κ2) is 7.98. The highest BCUT2D eigenvalue weighted by atomic mass is 16.2. The van der Waals surface area contributed by atoms with Crippen LogP contribution in [0.3, 0.4) is 0 Å². The van der Waals surface area contributed by atoms with Crippen molar-refractivity contribution in [3.05, 3.63) is 99.9 Å². The van der Waals surface area contributed by atoms with Gasteiger partial charge in [0.2, 0.25) is 0 Å². The number of pyridine rings is 1. The highest BCUT2D eigenvalue weighted by Gasteiger charge is 2.23. The molecule has 2 aromatic carbocycles. The molecule has 1 N–H and O–H groups in total. The molecule has 3 heterocycles. The number of nitrogens with one attached hydrogen (secondary N) is 1. The SMILES string of the molecule is Cc1nn2nccnc2c1C(=O)N[C@@H](C)c1cc2cccc(C)c2c(=O)n1-c1ccccc1. The van der Waals surface area contributed by atoms with E-state index in [1.807, 2.05) is 68.4 Å². The smallest absolute Gasteiger partial charge is 0.263 e. The van der Waals surface area contributed by atoms with Crippen LogP contribution in [0.4, 0.5) is 0 Å². The molecule has 0 aliphatic carbocycles. The van der Waals surface area contributed by atoms with Crippen LogP contribution in [0.2, 0.25) is 0 Å². The maximum atomic E-state index is 13.6. The molecule has 8 heteroatoms. The van der Waals surface area contributed by atoms with Crippen LogP contribution < -0.4 is 10.9 Å². The molecule has 5 aromatic rings. The molecule has 164 valence electrons. The minimum atomic E-state index is -0.471. The lowest BCUT2D eigenvalue weighted by Gasteiger charge is -2.21. The number of hydrogen-bond donors (Lipinski definition) is 1. The number of aryl methyl sites for hydroxylation is 2. The topological polar surface area (TPSA) is 94.2 Å². The molecule has 0 bridgehead atoms. The largest absolute Gasteiger partial charge is 0.344 e. The molecule has 0 fully saturated rings. The van der Waals surface area contributed by atoms with E-state index in [2.05, 4.69) is 20.5 Å². The number of carbonyl (C=O) groups is 1. The van der Waals surface area contributed by atoms with Crippen molar-refractivity contribution in [1.29, 1.82) is 0 Å². The molecule has 0 radical (unpaired) electrons. The van der Waals surface area contributed by atoms with Crippen molar-refractivity contribution in [2.24, 2.45) is 0 Å². The van der Waals surface area contributed by atoms with Gasteiger partial charge in [0.15, 0.2) is 5.65 Å². The zero-order valence-corrected chi connectivity index (χ0v) is 18.5. The van der Waals surface area contributed by atoms with Gasteiger partial charge in [-0.1, -0.05) is 36.4 Å². The Kier molecular flexibility index (Phi) is 4.97. The van der Waals surface area contributed by atoms with Crippen molar-refractivity contribution in [3.63, 3.8) is 0 Å². The van der Waals surface area contributed by atoms with Gasteiger partial charge in [0, 0.05) is 17.6 Å². The Bertz CT molecular complexity index is 1570. The summed E-state index contributed by atoms with van der Waals surface area (Å²) in [5, 5.41) is 12.9. The van der Waals surface area contributed by atoms with Crippen molar-refractivity contribution >= 4 is 22.3 Å². The molecule has 1 atom stereocenters. The Labute approximate surface area is 189 Å². The van der Waals surface area contributed by atoms with Crippen molar-refractivity contribution in [2.45, 2.75) is 26.8 Å². The second-order valence-corrected chi connectivity index (χ2v) is 8.00. The van der Waals surface area contributed by atoms with Gasteiger partial charge >= 0.3 is 0 Å². The molecule has 1 amide bonds. The molecule has 33 heavy (non-hydrogen) atoms. The fraction of sp³-hybridized carbons (Fsp3) is 0.160. The zero-order chi connectivity index (χ0) is 23.1. The lowest BCUT2D eigenvalue weighted by Crippen LogP contribution is -2.32. The molecular formula is C25H22N6O2. The van der Waals surface area contributed by atoms with Crippen LogP contribution >= 0.6 is 0 Å². The predicted octanol–water partition coefficient (Wildman–Crippen LogP) is 3.54. The van der Waals surface area contributed by atoms with Gasteiger partial charge in [-0.2, -0.15) is 10.2 Å². The molecule has 8 nitrogen and oxygen atoms in total. The van der Waals surface area contributed by atoms with Crippen LogP contribution in [-0.2, 0) is 0 Å². The van der Waals surface area contributed by atoms with Gasteiger partial charge in [-0.15, -0.1) is 4.63 Å². The third-order valence-corrected chi connectivity index (χ3v) is 5.78. The van der Waals surface area contributed by atoms with E-state index in [0.29, 0.717) is 28.0 Å². The molecule has 3 aromatic heterocycles. The molecule has 0 spiro atoms. The number of fused-ring (bicyclic) bond motifs is 2. The van der Waals surface area contributed by atoms with Gasteiger partial charge in [-0.3, -0.25) is 14.2 Å². The Morgan fingerprint density at radius 3 is 2.61 bits per heavy atom. The minimum absolute atomic E-state index is 0.120. The number of amides is 1. The molecule has 0 aliphatic rings. The van der Waals surface area contributed by atoms with Gasteiger partial charge in [-0.05, 0) is 49.9 Å². The van der Waals surface area contributed by atoms with Crippen LogP contribution in [0.5, 0.6) is 0 Å². The van der Waals surface area contributed by atoms with E-state index in [0.717, 1.165) is 16.6 Å². The Hall–Kier alpha value is -4.33. The van der Waals surface area contributed by atoms with Gasteiger partial charge in [0.25, 0.3) is 11.5 Å². The van der Waals surface area contributed by atoms with Crippen LogP contribution in [0.25, 0.3) is 22.1 Å². The van der Waals surface area contributed by atoms with Crippen molar-refractivity contribution < 1.29 is 4.79 Å². The van der Waals surface area contributed by atoms with Crippen molar-refractivity contribution in [3.8, 4) is 5.69 Å². The van der Waals surface area contributed by atoms with Crippen LogP contribution in [0, 0.1) is 13.8 Å². The van der Waals surface area contributed by atoms with E-state index >= 15 is 0 Å². The monoisotopic (exact) mass is 438 g/mol. The molecule has 0 unspecified atom stereocenters. The summed E-state index contributed by atoms with van der Waals surface area (Å²) in [6.45, 7) is 5.54. The lowest BCUT2D eigenvalue weighted by atomic mass is 10.0. The first kappa shape index (κ1) is 20.6. The number of nitrogens with zero attached hydrogens (tertiary/aromatic N) is 5. The number of para-hydroxylation sites is 1. The summed E-state index contributed by atoms with van der Waals surface area (Å²) in [5.41, 5.74) is 3.48. The van der Waals surface area contributed by atoms with Crippen molar-refractivity contribution in [1.82, 2.24) is 29.7 Å². The first-order valence-corrected chi connectivity index (χ1v) is 10.6.